The third-order valence-electron chi connectivity index (χ3n) is 3.98. The maximum atomic E-state index is 5.86. The Labute approximate surface area is 122 Å². The lowest BCUT2D eigenvalue weighted by Crippen LogP contribution is -2.08. The van der Waals surface area contributed by atoms with Crippen LogP contribution < -0.4 is 4.74 Å². The minimum atomic E-state index is 0.560. The molecule has 3 heteroatoms. The second-order valence-corrected chi connectivity index (χ2v) is 5.32. The van der Waals surface area contributed by atoms with E-state index < -0.39 is 0 Å². The lowest BCUT2D eigenvalue weighted by atomic mass is 9.94. The third-order valence-corrected chi connectivity index (χ3v) is 3.98. The molecule has 3 nitrogen and oxygen atoms in total. The van der Waals surface area contributed by atoms with Crippen LogP contribution in [-0.4, -0.2) is 11.6 Å². The third kappa shape index (κ3) is 1.77. The first-order valence-electron chi connectivity index (χ1n) is 7.02. The van der Waals surface area contributed by atoms with Gasteiger partial charge in [0.2, 0.25) is 0 Å². The monoisotopic (exact) mass is 277 g/mol. The fourth-order valence-electron chi connectivity index (χ4n) is 2.91. The van der Waals surface area contributed by atoms with Gasteiger partial charge in [0, 0.05) is 28.3 Å². The molecule has 0 saturated heterocycles. The van der Waals surface area contributed by atoms with Gasteiger partial charge in [-0.05, 0) is 43.7 Å². The van der Waals surface area contributed by atoms with E-state index >= 15 is 0 Å². The number of pyridine rings is 1. The predicted octanol–water partition coefficient (Wildman–Crippen LogP) is 4.27. The molecule has 21 heavy (non-hydrogen) atoms. The van der Waals surface area contributed by atoms with Gasteiger partial charge in [0.1, 0.15) is 17.9 Å². The Balaban J connectivity index is 2.01. The molecule has 104 valence electrons. The Kier molecular flexibility index (Phi) is 2.61. The number of fused-ring (bicyclic) bond motifs is 2. The SMILES string of the molecule is Cc1coc2c(C)c3c(cc12)C(c1ccccn1)=CCO3. The molecule has 1 aliphatic heterocycles. The van der Waals surface area contributed by atoms with Crippen LogP contribution in [0.1, 0.15) is 22.4 Å². The minimum absolute atomic E-state index is 0.560. The molecule has 3 aromatic rings. The van der Waals surface area contributed by atoms with Gasteiger partial charge < -0.3 is 9.15 Å². The topological polar surface area (TPSA) is 35.3 Å². The van der Waals surface area contributed by atoms with Crippen LogP contribution in [0.25, 0.3) is 16.5 Å². The van der Waals surface area contributed by atoms with Gasteiger partial charge >= 0.3 is 0 Å². The van der Waals surface area contributed by atoms with E-state index in [0.717, 1.165) is 44.7 Å². The summed E-state index contributed by atoms with van der Waals surface area (Å²) in [6.07, 6.45) is 5.71. The van der Waals surface area contributed by atoms with Crippen molar-refractivity contribution in [3.63, 3.8) is 0 Å². The van der Waals surface area contributed by atoms with Crippen molar-refractivity contribution in [3.8, 4) is 5.75 Å². The van der Waals surface area contributed by atoms with Crippen LogP contribution in [0, 0.1) is 13.8 Å². The fraction of sp³-hybridized carbons (Fsp3) is 0.167. The highest BCUT2D eigenvalue weighted by Crippen LogP contribution is 2.41. The van der Waals surface area contributed by atoms with Crippen molar-refractivity contribution in [2.75, 3.05) is 6.61 Å². The van der Waals surface area contributed by atoms with Gasteiger partial charge in [0.25, 0.3) is 0 Å². The summed E-state index contributed by atoms with van der Waals surface area (Å²) in [6.45, 7) is 4.67. The highest BCUT2D eigenvalue weighted by Gasteiger charge is 2.22. The molecule has 0 radical (unpaired) electrons. The summed E-state index contributed by atoms with van der Waals surface area (Å²) in [5.74, 6) is 0.903. The Bertz CT molecular complexity index is 860. The Morgan fingerprint density at radius 1 is 1.19 bits per heavy atom. The van der Waals surface area contributed by atoms with Crippen molar-refractivity contribution >= 4 is 16.5 Å². The lowest BCUT2D eigenvalue weighted by molar-refractivity contribution is 0.355. The highest BCUT2D eigenvalue weighted by atomic mass is 16.5. The van der Waals surface area contributed by atoms with Gasteiger partial charge in [-0.2, -0.15) is 0 Å². The highest BCUT2D eigenvalue weighted by molar-refractivity contribution is 5.94. The van der Waals surface area contributed by atoms with Gasteiger partial charge in [-0.15, -0.1) is 0 Å². The number of furan rings is 1. The van der Waals surface area contributed by atoms with Crippen molar-refractivity contribution in [2.24, 2.45) is 0 Å². The Hall–Kier alpha value is -2.55. The van der Waals surface area contributed by atoms with Crippen LogP contribution in [0.15, 0.2) is 47.2 Å². The zero-order chi connectivity index (χ0) is 14.4. The molecule has 2 aromatic heterocycles. The molecule has 1 aromatic carbocycles. The molecular formula is C18H15NO2. The Morgan fingerprint density at radius 3 is 2.90 bits per heavy atom. The van der Waals surface area contributed by atoms with Gasteiger partial charge in [0.15, 0.2) is 0 Å². The van der Waals surface area contributed by atoms with Gasteiger partial charge in [-0.25, -0.2) is 0 Å². The van der Waals surface area contributed by atoms with Gasteiger partial charge in [0.05, 0.1) is 12.0 Å². The minimum Gasteiger partial charge on any atom is -0.488 e. The maximum absolute atomic E-state index is 5.86. The average Bonchev–Trinajstić information content (AvgIpc) is 2.90. The van der Waals surface area contributed by atoms with E-state index in [9.17, 15) is 0 Å². The molecule has 0 saturated carbocycles. The maximum Gasteiger partial charge on any atom is 0.140 e. The molecule has 4 rings (SSSR count). The molecule has 0 spiro atoms. The summed E-state index contributed by atoms with van der Waals surface area (Å²) in [4.78, 5) is 4.47. The van der Waals surface area contributed by atoms with Crippen LogP contribution in [-0.2, 0) is 0 Å². The summed E-state index contributed by atoms with van der Waals surface area (Å²) >= 11 is 0. The van der Waals surface area contributed by atoms with Crippen molar-refractivity contribution in [1.82, 2.24) is 4.98 Å². The summed E-state index contributed by atoms with van der Waals surface area (Å²) in [5, 5.41) is 1.14. The van der Waals surface area contributed by atoms with E-state index in [1.165, 1.54) is 0 Å². The number of nitrogens with zero attached hydrogens (tertiary/aromatic N) is 1. The number of hydrogen-bond acceptors (Lipinski definition) is 3. The van der Waals surface area contributed by atoms with E-state index in [1.54, 1.807) is 6.26 Å². The smallest absolute Gasteiger partial charge is 0.140 e. The van der Waals surface area contributed by atoms with E-state index in [2.05, 4.69) is 24.1 Å². The van der Waals surface area contributed by atoms with Crippen LogP contribution >= 0.6 is 0 Å². The van der Waals surface area contributed by atoms with Crippen molar-refractivity contribution in [2.45, 2.75) is 13.8 Å². The Morgan fingerprint density at radius 2 is 2.10 bits per heavy atom. The molecule has 0 amide bonds. The standard InChI is InChI=1S/C18H15NO2/c1-11-10-21-17-12(2)18-15(9-14(11)17)13(6-8-20-18)16-5-3-4-7-19-16/h3-7,9-10H,8H2,1-2H3. The largest absolute Gasteiger partial charge is 0.488 e. The van der Waals surface area contributed by atoms with Crippen LogP contribution in [0.3, 0.4) is 0 Å². The summed E-state index contributed by atoms with van der Waals surface area (Å²) in [7, 11) is 0. The zero-order valence-electron chi connectivity index (χ0n) is 12.0. The summed E-state index contributed by atoms with van der Waals surface area (Å²) in [6, 6.07) is 8.12. The van der Waals surface area contributed by atoms with Gasteiger partial charge in [-0.3, -0.25) is 4.98 Å². The molecule has 0 unspecified atom stereocenters. The fourth-order valence-corrected chi connectivity index (χ4v) is 2.91. The molecule has 0 bridgehead atoms. The van der Waals surface area contributed by atoms with Crippen LogP contribution in [0.5, 0.6) is 5.75 Å². The molecule has 0 atom stereocenters. The number of aryl methyl sites for hydroxylation is 2. The average molecular weight is 277 g/mol. The van der Waals surface area contributed by atoms with E-state index in [0.29, 0.717) is 6.61 Å². The van der Waals surface area contributed by atoms with E-state index in [1.807, 2.05) is 31.3 Å². The van der Waals surface area contributed by atoms with Crippen molar-refractivity contribution in [3.05, 3.63) is 65.2 Å². The van der Waals surface area contributed by atoms with Crippen LogP contribution in [0.2, 0.25) is 0 Å². The molecule has 0 aliphatic carbocycles. The molecular weight excluding hydrogens is 262 g/mol. The van der Waals surface area contributed by atoms with Crippen LogP contribution in [0.4, 0.5) is 0 Å². The van der Waals surface area contributed by atoms with Crippen molar-refractivity contribution < 1.29 is 9.15 Å². The zero-order valence-corrected chi connectivity index (χ0v) is 12.0. The molecule has 0 N–H and O–H groups in total. The second kappa shape index (κ2) is 4.48. The predicted molar refractivity (Wildman–Crippen MR) is 82.5 cm³/mol. The van der Waals surface area contributed by atoms with Crippen molar-refractivity contribution in [1.29, 1.82) is 0 Å². The number of aromatic nitrogens is 1. The molecule has 1 aliphatic rings. The summed E-state index contributed by atoms with van der Waals surface area (Å²) < 4.78 is 11.5. The van der Waals surface area contributed by atoms with Gasteiger partial charge in [-0.1, -0.05) is 6.07 Å². The molecule has 3 heterocycles. The number of rotatable bonds is 1. The molecule has 0 fully saturated rings. The quantitative estimate of drug-likeness (QED) is 0.666. The second-order valence-electron chi connectivity index (χ2n) is 5.32. The normalized spacial score (nSPS) is 13.7. The first kappa shape index (κ1) is 12.2. The number of benzene rings is 1. The first-order valence-corrected chi connectivity index (χ1v) is 7.02. The summed E-state index contributed by atoms with van der Waals surface area (Å²) in [5.41, 5.74) is 6.30. The number of ether oxygens (including phenoxy) is 1. The number of hydrogen-bond donors (Lipinski definition) is 0. The first-order chi connectivity index (χ1) is 10.3. The van der Waals surface area contributed by atoms with E-state index in [4.69, 9.17) is 9.15 Å². The van der Waals surface area contributed by atoms with E-state index in [-0.39, 0.29) is 0 Å². The lowest BCUT2D eigenvalue weighted by Gasteiger charge is -2.20.